The molecule has 15 heavy (non-hydrogen) atoms. The fourth-order valence-electron chi connectivity index (χ4n) is 2.21. The van der Waals surface area contributed by atoms with Gasteiger partial charge in [-0.15, -0.1) is 0 Å². The summed E-state index contributed by atoms with van der Waals surface area (Å²) in [5, 5.41) is 12.9. The molecule has 0 aliphatic heterocycles. The Labute approximate surface area is 93.8 Å². The number of hydrogen-bond donors (Lipinski definition) is 2. The van der Waals surface area contributed by atoms with Crippen LogP contribution in [0.3, 0.4) is 0 Å². The first-order chi connectivity index (χ1) is 7.20. The average Bonchev–Trinajstić information content (AvgIpc) is 2.28. The summed E-state index contributed by atoms with van der Waals surface area (Å²) in [5.74, 6) is 0.762. The lowest BCUT2D eigenvalue weighted by Crippen LogP contribution is -2.47. The van der Waals surface area contributed by atoms with E-state index >= 15 is 0 Å². The highest BCUT2D eigenvalue weighted by Gasteiger charge is 2.22. The van der Waals surface area contributed by atoms with Crippen LogP contribution in [0.15, 0.2) is 12.2 Å². The van der Waals surface area contributed by atoms with Crippen molar-refractivity contribution >= 4 is 0 Å². The molecular weight excluding hydrogens is 186 g/mol. The SMILES string of the molecule is CCC[C@](C)(CO)NC[C@@H]1CC=CCC1. The third kappa shape index (κ3) is 4.35. The van der Waals surface area contributed by atoms with Crippen molar-refractivity contribution in [1.82, 2.24) is 5.32 Å². The Bertz CT molecular complexity index is 203. The first kappa shape index (κ1) is 12.7. The molecule has 1 rings (SSSR count). The molecule has 0 amide bonds. The zero-order valence-corrected chi connectivity index (χ0v) is 10.1. The van der Waals surface area contributed by atoms with Gasteiger partial charge in [0.25, 0.3) is 0 Å². The molecule has 0 saturated heterocycles. The van der Waals surface area contributed by atoms with Gasteiger partial charge in [0, 0.05) is 5.54 Å². The Morgan fingerprint density at radius 1 is 1.47 bits per heavy atom. The molecule has 0 heterocycles. The molecule has 0 spiro atoms. The van der Waals surface area contributed by atoms with Gasteiger partial charge in [-0.1, -0.05) is 25.5 Å². The van der Waals surface area contributed by atoms with Crippen molar-refractivity contribution in [1.29, 1.82) is 0 Å². The van der Waals surface area contributed by atoms with Crippen LogP contribution in [0, 0.1) is 5.92 Å². The summed E-state index contributed by atoms with van der Waals surface area (Å²) in [6.45, 7) is 5.57. The van der Waals surface area contributed by atoms with E-state index in [0.29, 0.717) is 0 Å². The lowest BCUT2D eigenvalue weighted by atomic mass is 9.91. The molecule has 1 aliphatic rings. The lowest BCUT2D eigenvalue weighted by molar-refractivity contribution is 0.158. The van der Waals surface area contributed by atoms with Crippen molar-refractivity contribution in [2.75, 3.05) is 13.2 Å². The van der Waals surface area contributed by atoms with Gasteiger partial charge in [-0.25, -0.2) is 0 Å². The van der Waals surface area contributed by atoms with Crippen molar-refractivity contribution in [3.05, 3.63) is 12.2 Å². The Hall–Kier alpha value is -0.340. The van der Waals surface area contributed by atoms with Crippen molar-refractivity contribution in [2.24, 2.45) is 5.92 Å². The highest BCUT2D eigenvalue weighted by Crippen LogP contribution is 2.19. The summed E-state index contributed by atoms with van der Waals surface area (Å²) in [6.07, 6.45) is 10.4. The number of aliphatic hydroxyl groups is 1. The summed E-state index contributed by atoms with van der Waals surface area (Å²) in [6, 6.07) is 0. The maximum atomic E-state index is 9.37. The maximum absolute atomic E-state index is 9.37. The molecule has 0 aromatic heterocycles. The van der Waals surface area contributed by atoms with Gasteiger partial charge in [-0.2, -0.15) is 0 Å². The van der Waals surface area contributed by atoms with E-state index in [4.69, 9.17) is 0 Å². The molecule has 0 radical (unpaired) electrons. The number of nitrogens with one attached hydrogen (secondary N) is 1. The van der Waals surface area contributed by atoms with Crippen LogP contribution in [-0.4, -0.2) is 23.8 Å². The third-order valence-corrected chi connectivity index (χ3v) is 3.35. The van der Waals surface area contributed by atoms with Gasteiger partial charge in [-0.05, 0) is 45.1 Å². The largest absolute Gasteiger partial charge is 0.394 e. The maximum Gasteiger partial charge on any atom is 0.0610 e. The van der Waals surface area contributed by atoms with Gasteiger partial charge in [0.2, 0.25) is 0 Å². The molecule has 0 aromatic carbocycles. The van der Waals surface area contributed by atoms with Crippen LogP contribution in [0.5, 0.6) is 0 Å². The molecule has 2 N–H and O–H groups in total. The molecule has 0 unspecified atom stereocenters. The van der Waals surface area contributed by atoms with E-state index in [1.54, 1.807) is 0 Å². The van der Waals surface area contributed by atoms with E-state index in [9.17, 15) is 5.11 Å². The van der Waals surface area contributed by atoms with Gasteiger partial charge in [0.05, 0.1) is 6.61 Å². The van der Waals surface area contributed by atoms with E-state index in [1.807, 2.05) is 0 Å². The molecule has 0 fully saturated rings. The van der Waals surface area contributed by atoms with E-state index in [-0.39, 0.29) is 12.1 Å². The van der Waals surface area contributed by atoms with Crippen LogP contribution < -0.4 is 5.32 Å². The van der Waals surface area contributed by atoms with Gasteiger partial charge < -0.3 is 10.4 Å². The zero-order chi connectivity index (χ0) is 11.1. The molecular formula is C13H25NO. The number of hydrogen-bond acceptors (Lipinski definition) is 2. The Kier molecular flexibility index (Phi) is 5.34. The third-order valence-electron chi connectivity index (χ3n) is 3.35. The quantitative estimate of drug-likeness (QED) is 0.662. The number of allylic oxidation sites excluding steroid dienone is 2. The molecule has 2 atom stereocenters. The van der Waals surface area contributed by atoms with Gasteiger partial charge in [0.15, 0.2) is 0 Å². The van der Waals surface area contributed by atoms with Gasteiger partial charge in [0.1, 0.15) is 0 Å². The molecule has 1 aliphatic carbocycles. The standard InChI is InChI=1S/C13H25NO/c1-3-9-13(2,11-15)14-10-12-7-5-4-6-8-12/h4-5,12,14-15H,3,6-11H2,1-2H3/t12-,13-/m1/s1. The molecule has 2 nitrogen and oxygen atoms in total. The molecule has 0 aromatic rings. The summed E-state index contributed by atoms with van der Waals surface area (Å²) in [7, 11) is 0. The fourth-order valence-corrected chi connectivity index (χ4v) is 2.21. The highest BCUT2D eigenvalue weighted by atomic mass is 16.3. The van der Waals surface area contributed by atoms with Crippen LogP contribution in [0.4, 0.5) is 0 Å². The lowest BCUT2D eigenvalue weighted by Gasteiger charge is -2.31. The smallest absolute Gasteiger partial charge is 0.0610 e. The van der Waals surface area contributed by atoms with Crippen molar-refractivity contribution in [3.8, 4) is 0 Å². The van der Waals surface area contributed by atoms with Crippen LogP contribution in [0.1, 0.15) is 46.0 Å². The van der Waals surface area contributed by atoms with Crippen LogP contribution >= 0.6 is 0 Å². The first-order valence-electron chi connectivity index (χ1n) is 6.21. The summed E-state index contributed by atoms with van der Waals surface area (Å²) >= 11 is 0. The van der Waals surface area contributed by atoms with Crippen LogP contribution in [0.2, 0.25) is 0 Å². The second kappa shape index (κ2) is 6.29. The minimum atomic E-state index is -0.0735. The number of rotatable bonds is 6. The highest BCUT2D eigenvalue weighted by molar-refractivity contribution is 4.92. The van der Waals surface area contributed by atoms with Crippen molar-refractivity contribution < 1.29 is 5.11 Å². The minimum absolute atomic E-state index is 0.0735. The summed E-state index contributed by atoms with van der Waals surface area (Å²) < 4.78 is 0. The topological polar surface area (TPSA) is 32.3 Å². The van der Waals surface area contributed by atoms with E-state index < -0.39 is 0 Å². The van der Waals surface area contributed by atoms with Crippen molar-refractivity contribution in [2.45, 2.75) is 51.5 Å². The summed E-state index contributed by atoms with van der Waals surface area (Å²) in [4.78, 5) is 0. The Balaban J connectivity index is 2.29. The average molecular weight is 211 g/mol. The normalized spacial score (nSPS) is 25.1. The second-order valence-corrected chi connectivity index (χ2v) is 5.00. The Morgan fingerprint density at radius 3 is 2.80 bits per heavy atom. The van der Waals surface area contributed by atoms with Gasteiger partial charge >= 0.3 is 0 Å². The molecule has 0 saturated carbocycles. The summed E-state index contributed by atoms with van der Waals surface area (Å²) in [5.41, 5.74) is -0.0735. The fraction of sp³-hybridized carbons (Fsp3) is 0.846. The minimum Gasteiger partial charge on any atom is -0.394 e. The first-order valence-corrected chi connectivity index (χ1v) is 6.21. The number of aliphatic hydroxyl groups excluding tert-OH is 1. The van der Waals surface area contributed by atoms with Gasteiger partial charge in [-0.3, -0.25) is 0 Å². The van der Waals surface area contributed by atoms with E-state index in [2.05, 4.69) is 31.3 Å². The second-order valence-electron chi connectivity index (χ2n) is 5.00. The van der Waals surface area contributed by atoms with E-state index in [0.717, 1.165) is 25.3 Å². The van der Waals surface area contributed by atoms with E-state index in [1.165, 1.54) is 19.3 Å². The Morgan fingerprint density at radius 2 is 2.27 bits per heavy atom. The predicted molar refractivity (Wildman–Crippen MR) is 64.9 cm³/mol. The molecule has 0 bridgehead atoms. The molecule has 88 valence electrons. The zero-order valence-electron chi connectivity index (χ0n) is 10.1. The van der Waals surface area contributed by atoms with Crippen LogP contribution in [-0.2, 0) is 0 Å². The molecule has 2 heteroatoms. The monoisotopic (exact) mass is 211 g/mol. The van der Waals surface area contributed by atoms with Crippen LogP contribution in [0.25, 0.3) is 0 Å². The predicted octanol–water partition coefficient (Wildman–Crippen LogP) is 2.48. The van der Waals surface area contributed by atoms with Crippen molar-refractivity contribution in [3.63, 3.8) is 0 Å².